The highest BCUT2D eigenvalue weighted by molar-refractivity contribution is 8.14. The van der Waals surface area contributed by atoms with E-state index in [4.69, 9.17) is 0 Å². The van der Waals surface area contributed by atoms with Crippen molar-refractivity contribution in [2.75, 3.05) is 5.32 Å². The van der Waals surface area contributed by atoms with Crippen LogP contribution in [0.1, 0.15) is 13.8 Å². The Morgan fingerprint density at radius 2 is 1.96 bits per heavy atom. The quantitative estimate of drug-likeness (QED) is 0.691. The Morgan fingerprint density at radius 1 is 1.23 bits per heavy atom. The first kappa shape index (κ1) is 17.8. The van der Waals surface area contributed by atoms with Crippen LogP contribution in [0, 0.1) is 5.92 Å². The number of benzene rings is 1. The van der Waals surface area contributed by atoms with Crippen LogP contribution in [0.2, 0.25) is 0 Å². The molecular formula is C16H16N6O3S. The van der Waals surface area contributed by atoms with Gasteiger partial charge in [-0.25, -0.2) is 0 Å². The summed E-state index contributed by atoms with van der Waals surface area (Å²) in [5.41, 5.74) is 1.92. The molecule has 1 aromatic carbocycles. The molecule has 0 fully saturated rings. The van der Waals surface area contributed by atoms with Crippen LogP contribution >= 0.6 is 11.8 Å². The van der Waals surface area contributed by atoms with Crippen molar-refractivity contribution in [1.29, 1.82) is 0 Å². The smallest absolute Gasteiger partial charge is 0.270 e. The van der Waals surface area contributed by atoms with E-state index < -0.39 is 23.6 Å². The van der Waals surface area contributed by atoms with Gasteiger partial charge in [0.25, 0.3) is 5.91 Å². The van der Waals surface area contributed by atoms with E-state index in [2.05, 4.69) is 31.0 Å². The minimum absolute atomic E-state index is 0.149. The SMILES string of the molecule is CC(C)SC1=NC(=O)C(C(=O)Nc2ccc(-c3cn[nH]n3)cc2)C(=O)N1. The molecule has 0 radical (unpaired) electrons. The number of anilines is 1. The Kier molecular flexibility index (Phi) is 5.12. The average Bonchev–Trinajstić information content (AvgIpc) is 3.08. The molecule has 0 saturated carbocycles. The van der Waals surface area contributed by atoms with Crippen molar-refractivity contribution < 1.29 is 14.4 Å². The fraction of sp³-hybridized carbons (Fsp3) is 0.250. The number of nitrogens with zero attached hydrogens (tertiary/aromatic N) is 3. The van der Waals surface area contributed by atoms with Crippen LogP contribution in [-0.2, 0) is 14.4 Å². The second-order valence-corrected chi connectivity index (χ2v) is 7.33. The Labute approximate surface area is 153 Å². The van der Waals surface area contributed by atoms with Gasteiger partial charge in [-0.3, -0.25) is 14.4 Å². The summed E-state index contributed by atoms with van der Waals surface area (Å²) in [4.78, 5) is 40.4. The number of hydrogen-bond donors (Lipinski definition) is 3. The van der Waals surface area contributed by atoms with Crippen molar-refractivity contribution in [1.82, 2.24) is 20.7 Å². The predicted octanol–water partition coefficient (Wildman–Crippen LogP) is 1.18. The van der Waals surface area contributed by atoms with E-state index in [1.165, 1.54) is 11.8 Å². The number of amides is 3. The number of aliphatic imine (C=N–C) groups is 1. The summed E-state index contributed by atoms with van der Waals surface area (Å²) < 4.78 is 0. The van der Waals surface area contributed by atoms with E-state index in [-0.39, 0.29) is 10.4 Å². The highest BCUT2D eigenvalue weighted by atomic mass is 32.2. The fourth-order valence-electron chi connectivity index (χ4n) is 2.27. The third kappa shape index (κ3) is 3.97. The van der Waals surface area contributed by atoms with E-state index in [0.29, 0.717) is 11.4 Å². The molecule has 1 unspecified atom stereocenters. The topological polar surface area (TPSA) is 129 Å². The first-order valence-corrected chi connectivity index (χ1v) is 8.69. The van der Waals surface area contributed by atoms with E-state index >= 15 is 0 Å². The summed E-state index contributed by atoms with van der Waals surface area (Å²) in [6.45, 7) is 3.82. The molecule has 3 N–H and O–H groups in total. The molecule has 134 valence electrons. The second kappa shape index (κ2) is 7.48. The maximum atomic E-state index is 12.3. The summed E-state index contributed by atoms with van der Waals surface area (Å²) in [6, 6.07) is 6.78. The number of nitrogens with one attached hydrogen (secondary N) is 3. The first-order chi connectivity index (χ1) is 12.4. The van der Waals surface area contributed by atoms with E-state index in [1.807, 2.05) is 13.8 Å². The molecule has 0 bridgehead atoms. The number of aromatic nitrogens is 3. The molecule has 1 aliphatic heterocycles. The number of aromatic amines is 1. The monoisotopic (exact) mass is 372 g/mol. The third-order valence-corrected chi connectivity index (χ3v) is 4.31. The number of H-pyrrole nitrogens is 1. The van der Waals surface area contributed by atoms with Crippen LogP contribution in [0.25, 0.3) is 11.3 Å². The number of carbonyl (C=O) groups excluding carboxylic acids is 3. The third-order valence-electron chi connectivity index (χ3n) is 3.42. The van der Waals surface area contributed by atoms with Crippen molar-refractivity contribution in [3.63, 3.8) is 0 Å². The molecule has 26 heavy (non-hydrogen) atoms. The van der Waals surface area contributed by atoms with Crippen molar-refractivity contribution in [3.05, 3.63) is 30.5 Å². The molecular weight excluding hydrogens is 356 g/mol. The van der Waals surface area contributed by atoms with Crippen LogP contribution in [0.3, 0.4) is 0 Å². The lowest BCUT2D eigenvalue weighted by atomic mass is 10.1. The standard InChI is InChI=1S/C16H16N6O3S/c1-8(2)26-16-19-14(24)12(15(25)20-16)13(23)18-10-5-3-9(4-6-10)11-7-17-22-21-11/h3-8,12H,1-2H3,(H,18,23)(H,17,21,22)(H,19,20,24,25). The number of thioether (sulfide) groups is 1. The molecule has 1 aromatic heterocycles. The molecule has 0 saturated heterocycles. The van der Waals surface area contributed by atoms with Gasteiger partial charge in [0.15, 0.2) is 11.1 Å². The highest BCUT2D eigenvalue weighted by Crippen LogP contribution is 2.20. The lowest BCUT2D eigenvalue weighted by molar-refractivity contribution is -0.139. The summed E-state index contributed by atoms with van der Waals surface area (Å²) >= 11 is 1.25. The van der Waals surface area contributed by atoms with Gasteiger partial charge in [-0.1, -0.05) is 37.7 Å². The van der Waals surface area contributed by atoms with Crippen LogP contribution in [0.5, 0.6) is 0 Å². The summed E-state index contributed by atoms with van der Waals surface area (Å²) in [5, 5.41) is 15.6. The molecule has 3 rings (SSSR count). The van der Waals surface area contributed by atoms with Gasteiger partial charge in [0, 0.05) is 16.5 Å². The number of rotatable bonds is 4. The van der Waals surface area contributed by atoms with Crippen molar-refractivity contribution in [2.24, 2.45) is 10.9 Å². The Hall–Kier alpha value is -3.01. The van der Waals surface area contributed by atoms with Crippen LogP contribution in [0.15, 0.2) is 35.5 Å². The van der Waals surface area contributed by atoms with E-state index in [1.54, 1.807) is 30.5 Å². The molecule has 2 heterocycles. The molecule has 10 heteroatoms. The first-order valence-electron chi connectivity index (χ1n) is 7.81. The summed E-state index contributed by atoms with van der Waals surface area (Å²) in [7, 11) is 0. The van der Waals surface area contributed by atoms with Crippen molar-refractivity contribution in [2.45, 2.75) is 19.1 Å². The average molecular weight is 372 g/mol. The molecule has 3 amide bonds. The number of hydrogen-bond acceptors (Lipinski definition) is 6. The van der Waals surface area contributed by atoms with E-state index in [0.717, 1.165) is 5.56 Å². The lowest BCUT2D eigenvalue weighted by Gasteiger charge is -2.20. The van der Waals surface area contributed by atoms with Gasteiger partial charge in [-0.05, 0) is 12.1 Å². The lowest BCUT2D eigenvalue weighted by Crippen LogP contribution is -2.48. The van der Waals surface area contributed by atoms with Gasteiger partial charge < -0.3 is 10.6 Å². The van der Waals surface area contributed by atoms with Crippen molar-refractivity contribution in [3.8, 4) is 11.3 Å². The van der Waals surface area contributed by atoms with E-state index in [9.17, 15) is 14.4 Å². The minimum atomic E-state index is -1.50. The van der Waals surface area contributed by atoms with Gasteiger partial charge in [-0.2, -0.15) is 20.4 Å². The molecule has 0 spiro atoms. The second-order valence-electron chi connectivity index (χ2n) is 5.77. The number of carbonyl (C=O) groups is 3. The molecule has 1 atom stereocenters. The summed E-state index contributed by atoms with van der Waals surface area (Å²) in [6.07, 6.45) is 1.57. The van der Waals surface area contributed by atoms with Gasteiger partial charge in [0.05, 0.1) is 6.20 Å². The zero-order valence-corrected chi connectivity index (χ0v) is 14.8. The predicted molar refractivity (Wildman–Crippen MR) is 97.3 cm³/mol. The molecule has 2 aromatic rings. The normalized spacial score (nSPS) is 17.0. The van der Waals surface area contributed by atoms with Crippen LogP contribution < -0.4 is 10.6 Å². The Balaban J connectivity index is 1.69. The Morgan fingerprint density at radius 3 is 2.54 bits per heavy atom. The maximum absolute atomic E-state index is 12.3. The van der Waals surface area contributed by atoms with Gasteiger partial charge in [0.1, 0.15) is 5.69 Å². The van der Waals surface area contributed by atoms with Gasteiger partial charge >= 0.3 is 0 Å². The highest BCUT2D eigenvalue weighted by Gasteiger charge is 2.38. The van der Waals surface area contributed by atoms with Crippen LogP contribution in [0.4, 0.5) is 5.69 Å². The van der Waals surface area contributed by atoms with Crippen molar-refractivity contribution >= 4 is 40.3 Å². The van der Waals surface area contributed by atoms with Gasteiger partial charge in [0.2, 0.25) is 11.8 Å². The Bertz CT molecular complexity index is 861. The zero-order valence-electron chi connectivity index (χ0n) is 14.0. The molecule has 0 aliphatic carbocycles. The maximum Gasteiger partial charge on any atom is 0.270 e. The zero-order chi connectivity index (χ0) is 18.7. The fourth-order valence-corrected chi connectivity index (χ4v) is 3.02. The van der Waals surface area contributed by atoms with Gasteiger partial charge in [-0.15, -0.1) is 0 Å². The van der Waals surface area contributed by atoms with Crippen LogP contribution in [-0.4, -0.2) is 43.5 Å². The minimum Gasteiger partial charge on any atom is -0.325 e. The molecule has 9 nitrogen and oxygen atoms in total. The molecule has 1 aliphatic rings. The summed E-state index contributed by atoms with van der Waals surface area (Å²) in [5.74, 6) is -3.67. The largest absolute Gasteiger partial charge is 0.325 e. The number of amidine groups is 1.